The van der Waals surface area contributed by atoms with Gasteiger partial charge in [0.15, 0.2) is 0 Å². The molecule has 0 aromatic heterocycles. The van der Waals surface area contributed by atoms with Crippen molar-refractivity contribution in [1.29, 1.82) is 0 Å². The van der Waals surface area contributed by atoms with Crippen LogP contribution in [0.1, 0.15) is 142 Å². The predicted molar refractivity (Wildman–Crippen MR) is 201 cm³/mol. The Morgan fingerprint density at radius 3 is 1.96 bits per heavy atom. The molecule has 3 aromatic carbocycles. The van der Waals surface area contributed by atoms with Gasteiger partial charge in [-0.15, -0.1) is 0 Å². The summed E-state index contributed by atoms with van der Waals surface area (Å²) in [4.78, 5) is 26.5. The second-order valence-corrected chi connectivity index (χ2v) is 15.6. The minimum Gasteiger partial charge on any atom is -0.508 e. The Kier molecular flexibility index (Phi) is 13.5. The standard InChI is InChI=1S/C43H58O8/c1-26(2)12-9-13-27(3)14-10-15-28(4)16-11-22-43(8)23-21-34-31(7)39(29(5)30(6)40(34)51-43)50-42(48)36-25-33(45)18-20-38(36)49-41(47)35-24-32(44)17-19-37(35)46/h17-20,24-28,44-46H,9-16,21-23H2,1-8H3. The number of phenols is 3. The summed E-state index contributed by atoms with van der Waals surface area (Å²) in [6.45, 7) is 17.4. The van der Waals surface area contributed by atoms with Gasteiger partial charge in [0.1, 0.15) is 51.2 Å². The fourth-order valence-corrected chi connectivity index (χ4v) is 7.17. The largest absolute Gasteiger partial charge is 0.508 e. The third kappa shape index (κ3) is 10.4. The lowest BCUT2D eigenvalue weighted by Gasteiger charge is -2.38. The number of fused-ring (bicyclic) bond motifs is 1. The molecule has 3 atom stereocenters. The van der Waals surface area contributed by atoms with Crippen molar-refractivity contribution in [1.82, 2.24) is 0 Å². The normalized spacial score (nSPS) is 16.6. The van der Waals surface area contributed by atoms with Gasteiger partial charge in [0.25, 0.3) is 0 Å². The van der Waals surface area contributed by atoms with Crippen LogP contribution in [0.5, 0.6) is 34.5 Å². The summed E-state index contributed by atoms with van der Waals surface area (Å²) in [5, 5.41) is 30.1. The Morgan fingerprint density at radius 1 is 0.745 bits per heavy atom. The molecule has 3 unspecified atom stereocenters. The number of rotatable bonds is 16. The van der Waals surface area contributed by atoms with Crippen molar-refractivity contribution in [3.8, 4) is 34.5 Å². The molecule has 8 heteroatoms. The molecular formula is C43H58O8. The lowest BCUT2D eigenvalue weighted by atomic mass is 9.83. The van der Waals surface area contributed by atoms with E-state index in [1.807, 2.05) is 20.8 Å². The first kappa shape index (κ1) is 39.6. The summed E-state index contributed by atoms with van der Waals surface area (Å²) in [7, 11) is 0. The van der Waals surface area contributed by atoms with Gasteiger partial charge in [-0.3, -0.25) is 0 Å². The van der Waals surface area contributed by atoms with Crippen LogP contribution in [0.2, 0.25) is 0 Å². The maximum absolute atomic E-state index is 13.6. The van der Waals surface area contributed by atoms with Crippen molar-refractivity contribution in [2.24, 2.45) is 17.8 Å². The molecule has 278 valence electrons. The van der Waals surface area contributed by atoms with Crippen LogP contribution >= 0.6 is 0 Å². The van der Waals surface area contributed by atoms with E-state index in [0.29, 0.717) is 11.7 Å². The second kappa shape index (κ2) is 17.3. The van der Waals surface area contributed by atoms with E-state index in [4.69, 9.17) is 14.2 Å². The molecule has 0 amide bonds. The quantitative estimate of drug-likeness (QED) is 0.0766. The van der Waals surface area contributed by atoms with E-state index in [-0.39, 0.29) is 34.0 Å². The fourth-order valence-electron chi connectivity index (χ4n) is 7.17. The summed E-state index contributed by atoms with van der Waals surface area (Å²) in [6, 6.07) is 7.15. The highest BCUT2D eigenvalue weighted by molar-refractivity contribution is 5.98. The summed E-state index contributed by atoms with van der Waals surface area (Å²) < 4.78 is 18.2. The number of hydrogen-bond donors (Lipinski definition) is 3. The van der Waals surface area contributed by atoms with Crippen LogP contribution in [0.3, 0.4) is 0 Å². The van der Waals surface area contributed by atoms with Gasteiger partial charge in [0.05, 0.1) is 0 Å². The molecule has 3 aromatic rings. The van der Waals surface area contributed by atoms with Crippen molar-refractivity contribution in [2.45, 2.75) is 132 Å². The van der Waals surface area contributed by atoms with Crippen molar-refractivity contribution < 1.29 is 39.1 Å². The van der Waals surface area contributed by atoms with Crippen LogP contribution < -0.4 is 14.2 Å². The molecule has 0 spiro atoms. The van der Waals surface area contributed by atoms with E-state index >= 15 is 0 Å². The first-order chi connectivity index (χ1) is 24.1. The molecule has 0 aliphatic carbocycles. The molecule has 1 aliphatic rings. The zero-order valence-electron chi connectivity index (χ0n) is 31.9. The first-order valence-electron chi connectivity index (χ1n) is 18.7. The Balaban J connectivity index is 1.39. The molecular weight excluding hydrogens is 644 g/mol. The van der Waals surface area contributed by atoms with Gasteiger partial charge in [-0.25, -0.2) is 9.59 Å². The SMILES string of the molecule is Cc1c(C)c2c(c(C)c1OC(=O)c1cc(O)ccc1OC(=O)c1cc(O)ccc1O)CCC(C)(CCCC(C)CCCC(C)CCCC(C)C)O2. The third-order valence-corrected chi connectivity index (χ3v) is 10.6. The molecule has 4 rings (SSSR count). The number of carbonyl (C=O) groups is 2. The van der Waals surface area contributed by atoms with Gasteiger partial charge >= 0.3 is 11.9 Å². The Morgan fingerprint density at radius 2 is 1.31 bits per heavy atom. The number of esters is 2. The van der Waals surface area contributed by atoms with Gasteiger partial charge in [-0.2, -0.15) is 0 Å². The molecule has 0 fully saturated rings. The highest BCUT2D eigenvalue weighted by Gasteiger charge is 2.35. The average molecular weight is 703 g/mol. The third-order valence-electron chi connectivity index (χ3n) is 10.6. The molecule has 1 aliphatic heterocycles. The van der Waals surface area contributed by atoms with Crippen LogP contribution in [0.15, 0.2) is 36.4 Å². The molecule has 0 saturated heterocycles. The number of ether oxygens (including phenoxy) is 3. The highest BCUT2D eigenvalue weighted by Crippen LogP contribution is 2.45. The average Bonchev–Trinajstić information content (AvgIpc) is 3.07. The van der Waals surface area contributed by atoms with Crippen molar-refractivity contribution in [3.63, 3.8) is 0 Å². The van der Waals surface area contributed by atoms with Gasteiger partial charge < -0.3 is 29.5 Å². The van der Waals surface area contributed by atoms with Crippen molar-refractivity contribution >= 4 is 11.9 Å². The predicted octanol–water partition coefficient (Wildman–Crippen LogP) is 10.7. The number of phenolic OH excluding ortho intramolecular Hbond substituents is 3. The van der Waals surface area contributed by atoms with Crippen LogP contribution in [0, 0.1) is 38.5 Å². The molecule has 0 bridgehead atoms. The Bertz CT molecular complexity index is 1690. The number of aromatic hydroxyl groups is 3. The number of carbonyl (C=O) groups excluding carboxylic acids is 2. The monoisotopic (exact) mass is 702 g/mol. The maximum Gasteiger partial charge on any atom is 0.347 e. The molecule has 3 N–H and O–H groups in total. The topological polar surface area (TPSA) is 123 Å². The van der Waals surface area contributed by atoms with E-state index in [1.54, 1.807) is 0 Å². The second-order valence-electron chi connectivity index (χ2n) is 15.6. The lowest BCUT2D eigenvalue weighted by molar-refractivity contribution is 0.0508. The molecule has 8 nitrogen and oxygen atoms in total. The summed E-state index contributed by atoms with van der Waals surface area (Å²) >= 11 is 0. The van der Waals surface area contributed by atoms with E-state index in [1.165, 1.54) is 63.1 Å². The van der Waals surface area contributed by atoms with E-state index in [9.17, 15) is 24.9 Å². The van der Waals surface area contributed by atoms with Crippen molar-refractivity contribution in [2.75, 3.05) is 0 Å². The van der Waals surface area contributed by atoms with Crippen LogP contribution in [-0.4, -0.2) is 32.9 Å². The Hall–Kier alpha value is -4.20. The number of hydrogen-bond acceptors (Lipinski definition) is 8. The maximum atomic E-state index is 13.6. The summed E-state index contributed by atoms with van der Waals surface area (Å²) in [6.07, 6.45) is 12.9. The van der Waals surface area contributed by atoms with Crippen LogP contribution in [0.4, 0.5) is 0 Å². The lowest BCUT2D eigenvalue weighted by Crippen LogP contribution is -2.37. The summed E-state index contributed by atoms with van der Waals surface area (Å²) in [5.41, 5.74) is 2.75. The minimum absolute atomic E-state index is 0.171. The fraction of sp³-hybridized carbons (Fsp3) is 0.535. The zero-order chi connectivity index (χ0) is 37.5. The first-order valence-corrected chi connectivity index (χ1v) is 18.7. The van der Waals surface area contributed by atoms with Crippen molar-refractivity contribution in [3.05, 3.63) is 69.8 Å². The minimum atomic E-state index is -0.993. The Labute approximate surface area is 304 Å². The van der Waals surface area contributed by atoms with Gasteiger partial charge in [0.2, 0.25) is 0 Å². The van der Waals surface area contributed by atoms with E-state index in [0.717, 1.165) is 83.7 Å². The zero-order valence-corrected chi connectivity index (χ0v) is 31.9. The molecule has 0 radical (unpaired) electrons. The highest BCUT2D eigenvalue weighted by atomic mass is 16.6. The van der Waals surface area contributed by atoms with E-state index < -0.39 is 17.7 Å². The molecule has 51 heavy (non-hydrogen) atoms. The summed E-state index contributed by atoms with van der Waals surface area (Å²) in [5.74, 6) is 0.721. The smallest absolute Gasteiger partial charge is 0.347 e. The van der Waals surface area contributed by atoms with E-state index in [2.05, 4.69) is 34.6 Å². The van der Waals surface area contributed by atoms with Crippen LogP contribution in [0.25, 0.3) is 0 Å². The van der Waals surface area contributed by atoms with Gasteiger partial charge in [-0.05, 0) is 124 Å². The molecule has 1 heterocycles. The number of benzene rings is 3. The molecule has 0 saturated carbocycles. The van der Waals surface area contributed by atoms with Crippen LogP contribution in [-0.2, 0) is 6.42 Å². The van der Waals surface area contributed by atoms with Gasteiger partial charge in [-0.1, -0.05) is 72.6 Å². The van der Waals surface area contributed by atoms with Gasteiger partial charge in [0, 0.05) is 5.56 Å².